The van der Waals surface area contributed by atoms with Crippen molar-refractivity contribution in [2.24, 2.45) is 4.99 Å². The molecule has 0 radical (unpaired) electrons. The average molecular weight is 483 g/mol. The van der Waals surface area contributed by atoms with E-state index in [1.165, 1.54) is 5.56 Å². The minimum absolute atomic E-state index is 0. The van der Waals surface area contributed by atoms with Gasteiger partial charge in [0.2, 0.25) is 0 Å². The van der Waals surface area contributed by atoms with Crippen molar-refractivity contribution in [2.45, 2.75) is 39.2 Å². The lowest BCUT2D eigenvalue weighted by atomic mass is 10.1. The molecular formula is C20H30IN5O. The summed E-state index contributed by atoms with van der Waals surface area (Å²) < 4.78 is 1.95. The Morgan fingerprint density at radius 3 is 2.78 bits per heavy atom. The average Bonchev–Trinajstić information content (AvgIpc) is 3.24. The molecule has 0 amide bonds. The third-order valence-electron chi connectivity index (χ3n) is 4.68. The minimum atomic E-state index is -0.231. The van der Waals surface area contributed by atoms with Crippen LogP contribution >= 0.6 is 24.0 Å². The van der Waals surface area contributed by atoms with Crippen molar-refractivity contribution in [2.75, 3.05) is 26.2 Å². The first-order valence-corrected chi connectivity index (χ1v) is 9.49. The SMILES string of the molecule is CCNC(=NCCCc1cn(-c2ccccc2)nc1C)N1CC[C@@H](O)C1.I. The molecule has 0 unspecified atom stereocenters. The van der Waals surface area contributed by atoms with Crippen LogP contribution in [0.2, 0.25) is 0 Å². The van der Waals surface area contributed by atoms with E-state index in [9.17, 15) is 5.11 Å². The van der Waals surface area contributed by atoms with Crippen molar-refractivity contribution in [3.8, 4) is 5.69 Å². The Hall–Kier alpha value is -1.61. The van der Waals surface area contributed by atoms with Crippen molar-refractivity contribution >= 4 is 29.9 Å². The molecule has 0 bridgehead atoms. The molecule has 2 N–H and O–H groups in total. The van der Waals surface area contributed by atoms with E-state index in [1.807, 2.05) is 22.9 Å². The van der Waals surface area contributed by atoms with Crippen molar-refractivity contribution in [3.05, 3.63) is 47.8 Å². The molecule has 2 heterocycles. The first kappa shape index (κ1) is 21.7. The molecule has 1 saturated heterocycles. The first-order valence-electron chi connectivity index (χ1n) is 9.49. The Morgan fingerprint density at radius 1 is 1.33 bits per heavy atom. The predicted octanol–water partition coefficient (Wildman–Crippen LogP) is 2.76. The van der Waals surface area contributed by atoms with Crippen LogP contribution in [0.5, 0.6) is 0 Å². The highest BCUT2D eigenvalue weighted by Crippen LogP contribution is 2.14. The summed E-state index contributed by atoms with van der Waals surface area (Å²) in [7, 11) is 0. The van der Waals surface area contributed by atoms with E-state index in [0.717, 1.165) is 56.2 Å². The molecule has 0 aliphatic carbocycles. The van der Waals surface area contributed by atoms with E-state index in [0.29, 0.717) is 6.54 Å². The topological polar surface area (TPSA) is 65.7 Å². The Morgan fingerprint density at radius 2 is 2.11 bits per heavy atom. The van der Waals surface area contributed by atoms with Gasteiger partial charge in [0.05, 0.1) is 17.5 Å². The number of β-amino-alcohol motifs (C(OH)–C–C–N with tert-alkyl or cyclic N) is 1. The van der Waals surface area contributed by atoms with Crippen LogP contribution in [0.25, 0.3) is 5.69 Å². The maximum absolute atomic E-state index is 9.73. The number of guanidine groups is 1. The molecule has 3 rings (SSSR count). The number of hydrogen-bond donors (Lipinski definition) is 2. The van der Waals surface area contributed by atoms with E-state index in [4.69, 9.17) is 4.99 Å². The quantitative estimate of drug-likeness (QED) is 0.287. The number of rotatable bonds is 6. The molecule has 1 aromatic carbocycles. The second-order valence-electron chi connectivity index (χ2n) is 6.75. The Balaban J connectivity index is 0.00000261. The second kappa shape index (κ2) is 10.7. The van der Waals surface area contributed by atoms with E-state index in [2.05, 4.69) is 47.5 Å². The molecule has 0 spiro atoms. The van der Waals surface area contributed by atoms with E-state index >= 15 is 0 Å². The Kier molecular flexibility index (Phi) is 8.56. The lowest BCUT2D eigenvalue weighted by Gasteiger charge is -2.20. The van der Waals surface area contributed by atoms with Crippen LogP contribution in [0.3, 0.4) is 0 Å². The number of likely N-dealkylation sites (tertiary alicyclic amines) is 1. The standard InChI is InChI=1S/C20H29N5O.HI/c1-3-21-20(24-13-11-19(26)15-24)22-12-7-8-17-14-25(23-16(17)2)18-9-5-4-6-10-18;/h4-6,9-10,14,19,26H,3,7-8,11-13,15H2,1-2H3,(H,21,22);1H/t19-;/m1./s1. The summed E-state index contributed by atoms with van der Waals surface area (Å²) in [4.78, 5) is 6.88. The van der Waals surface area contributed by atoms with Crippen molar-refractivity contribution < 1.29 is 5.11 Å². The number of aromatic nitrogens is 2. The fourth-order valence-electron chi connectivity index (χ4n) is 3.27. The molecule has 1 fully saturated rings. The Bertz CT molecular complexity index is 731. The van der Waals surface area contributed by atoms with E-state index in [1.54, 1.807) is 0 Å². The molecule has 27 heavy (non-hydrogen) atoms. The van der Waals surface area contributed by atoms with Gasteiger partial charge in [0.15, 0.2) is 5.96 Å². The summed E-state index contributed by atoms with van der Waals surface area (Å²) >= 11 is 0. The fraction of sp³-hybridized carbons (Fsp3) is 0.500. The van der Waals surface area contributed by atoms with Crippen LogP contribution < -0.4 is 5.32 Å². The summed E-state index contributed by atoms with van der Waals surface area (Å²) in [6.07, 6.45) is 4.65. The van der Waals surface area contributed by atoms with Crippen LogP contribution in [0.1, 0.15) is 31.0 Å². The Labute approximate surface area is 178 Å². The molecule has 1 aromatic heterocycles. The monoisotopic (exact) mass is 483 g/mol. The lowest BCUT2D eigenvalue weighted by Crippen LogP contribution is -2.40. The van der Waals surface area contributed by atoms with Gasteiger partial charge in [-0.1, -0.05) is 18.2 Å². The number of aryl methyl sites for hydroxylation is 2. The summed E-state index contributed by atoms with van der Waals surface area (Å²) in [5.74, 6) is 0.917. The number of hydrogen-bond acceptors (Lipinski definition) is 3. The van der Waals surface area contributed by atoms with Gasteiger partial charge in [-0.2, -0.15) is 5.10 Å². The lowest BCUT2D eigenvalue weighted by molar-refractivity contribution is 0.188. The number of nitrogens with zero attached hydrogens (tertiary/aromatic N) is 4. The van der Waals surface area contributed by atoms with Gasteiger partial charge in [-0.15, -0.1) is 24.0 Å². The van der Waals surface area contributed by atoms with Crippen LogP contribution in [0, 0.1) is 6.92 Å². The van der Waals surface area contributed by atoms with Crippen LogP contribution in [-0.2, 0) is 6.42 Å². The zero-order valence-corrected chi connectivity index (χ0v) is 18.5. The van der Waals surface area contributed by atoms with Gasteiger partial charge in [0.1, 0.15) is 0 Å². The van der Waals surface area contributed by atoms with Crippen molar-refractivity contribution in [3.63, 3.8) is 0 Å². The highest BCUT2D eigenvalue weighted by Gasteiger charge is 2.22. The first-order chi connectivity index (χ1) is 12.7. The molecule has 1 aliphatic heterocycles. The highest BCUT2D eigenvalue weighted by atomic mass is 127. The van der Waals surface area contributed by atoms with Gasteiger partial charge >= 0.3 is 0 Å². The molecule has 6 nitrogen and oxygen atoms in total. The van der Waals surface area contributed by atoms with Gasteiger partial charge < -0.3 is 15.3 Å². The van der Waals surface area contributed by atoms with Gasteiger partial charge in [0, 0.05) is 32.4 Å². The minimum Gasteiger partial charge on any atom is -0.391 e. The zero-order valence-electron chi connectivity index (χ0n) is 16.1. The number of benzene rings is 1. The maximum Gasteiger partial charge on any atom is 0.194 e. The van der Waals surface area contributed by atoms with Gasteiger partial charge in [-0.3, -0.25) is 4.99 Å². The molecule has 7 heteroatoms. The maximum atomic E-state index is 9.73. The van der Waals surface area contributed by atoms with Crippen LogP contribution in [-0.4, -0.2) is 58.0 Å². The van der Waals surface area contributed by atoms with Crippen LogP contribution in [0.4, 0.5) is 0 Å². The molecule has 1 aliphatic rings. The molecule has 1 atom stereocenters. The number of aliphatic imine (C=N–C) groups is 1. The zero-order chi connectivity index (χ0) is 18.4. The van der Waals surface area contributed by atoms with E-state index < -0.39 is 0 Å². The molecule has 0 saturated carbocycles. The smallest absolute Gasteiger partial charge is 0.194 e. The molecular weight excluding hydrogens is 453 g/mol. The van der Waals surface area contributed by atoms with Gasteiger partial charge in [-0.05, 0) is 50.8 Å². The van der Waals surface area contributed by atoms with Gasteiger partial charge in [0.25, 0.3) is 0 Å². The molecule has 2 aromatic rings. The normalized spacial score (nSPS) is 17.1. The van der Waals surface area contributed by atoms with Crippen LogP contribution in [0.15, 0.2) is 41.5 Å². The largest absolute Gasteiger partial charge is 0.391 e. The van der Waals surface area contributed by atoms with E-state index in [-0.39, 0.29) is 30.1 Å². The predicted molar refractivity (Wildman–Crippen MR) is 120 cm³/mol. The number of para-hydroxylation sites is 1. The number of nitrogens with one attached hydrogen (secondary N) is 1. The summed E-state index contributed by atoms with van der Waals surface area (Å²) in [6.45, 7) is 7.29. The van der Waals surface area contributed by atoms with Crippen molar-refractivity contribution in [1.82, 2.24) is 20.0 Å². The summed E-state index contributed by atoms with van der Waals surface area (Å²) in [5, 5.41) is 17.7. The van der Waals surface area contributed by atoms with Gasteiger partial charge in [-0.25, -0.2) is 4.68 Å². The fourth-order valence-corrected chi connectivity index (χ4v) is 3.27. The third kappa shape index (κ3) is 5.93. The highest BCUT2D eigenvalue weighted by molar-refractivity contribution is 14.0. The second-order valence-corrected chi connectivity index (χ2v) is 6.75. The summed E-state index contributed by atoms with van der Waals surface area (Å²) in [5.41, 5.74) is 3.43. The number of aliphatic hydroxyl groups is 1. The summed E-state index contributed by atoms with van der Waals surface area (Å²) in [6, 6.07) is 10.2. The number of aliphatic hydroxyl groups excluding tert-OH is 1. The molecule has 148 valence electrons. The third-order valence-corrected chi connectivity index (χ3v) is 4.68. The number of halogens is 1. The van der Waals surface area contributed by atoms with Crippen molar-refractivity contribution in [1.29, 1.82) is 0 Å².